The highest BCUT2D eigenvalue weighted by Gasteiger charge is 2.19. The quantitative estimate of drug-likeness (QED) is 0.297. The van der Waals surface area contributed by atoms with Crippen LogP contribution in [-0.4, -0.2) is 21.7 Å². The smallest absolute Gasteiger partial charge is 0.336 e. The van der Waals surface area contributed by atoms with E-state index in [4.69, 9.17) is 4.84 Å². The van der Waals surface area contributed by atoms with Crippen molar-refractivity contribution in [2.75, 3.05) is 5.48 Å². The summed E-state index contributed by atoms with van der Waals surface area (Å²) >= 11 is 0. The number of nitrogens with zero attached hydrogens (tertiary/aromatic N) is 4. The van der Waals surface area contributed by atoms with Crippen molar-refractivity contribution in [3.8, 4) is 0 Å². The zero-order chi connectivity index (χ0) is 23.8. The predicted molar refractivity (Wildman–Crippen MR) is 115 cm³/mol. The molecule has 12 heteroatoms. The molecular weight excluding hydrogens is 434 g/mol. The Labute approximate surface area is 185 Å². The molecule has 3 rings (SSSR count). The molecule has 0 aliphatic heterocycles. The molecule has 0 atom stereocenters. The van der Waals surface area contributed by atoms with Crippen LogP contribution in [0.1, 0.15) is 15.9 Å². The van der Waals surface area contributed by atoms with Gasteiger partial charge in [0.25, 0.3) is 17.3 Å². The standard InChI is InChI=1S/C21H15N5O7/c27-20(10-14-4-2-1-3-5-14)33-24-17-8-6-16(7-9-17)22-23-21(28)15-11-18(25(29)30)13-19(12-15)26(31)32/h1-9,11-13,24H,10H2. The third-order valence-corrected chi connectivity index (χ3v) is 4.17. The molecule has 12 nitrogen and oxygen atoms in total. The van der Waals surface area contributed by atoms with Gasteiger partial charge in [-0.15, -0.1) is 10.2 Å². The van der Waals surface area contributed by atoms with Gasteiger partial charge in [0.1, 0.15) is 0 Å². The minimum absolute atomic E-state index is 0.0953. The van der Waals surface area contributed by atoms with E-state index in [0.29, 0.717) is 5.69 Å². The molecule has 0 saturated heterocycles. The first-order valence-corrected chi connectivity index (χ1v) is 9.31. The summed E-state index contributed by atoms with van der Waals surface area (Å²) < 4.78 is 0. The van der Waals surface area contributed by atoms with Gasteiger partial charge in [0.2, 0.25) is 0 Å². The van der Waals surface area contributed by atoms with Gasteiger partial charge in [-0.3, -0.25) is 25.0 Å². The van der Waals surface area contributed by atoms with Crippen molar-refractivity contribution in [2.24, 2.45) is 10.2 Å². The van der Waals surface area contributed by atoms with Crippen LogP contribution in [0.2, 0.25) is 0 Å². The molecule has 3 aromatic rings. The highest BCUT2D eigenvalue weighted by Crippen LogP contribution is 2.24. The number of azo groups is 1. The van der Waals surface area contributed by atoms with Crippen LogP contribution in [0.25, 0.3) is 0 Å². The number of amides is 1. The van der Waals surface area contributed by atoms with Gasteiger partial charge >= 0.3 is 5.97 Å². The van der Waals surface area contributed by atoms with E-state index in [1.165, 1.54) is 24.3 Å². The molecule has 0 spiro atoms. The molecule has 0 unspecified atom stereocenters. The summed E-state index contributed by atoms with van der Waals surface area (Å²) in [6, 6.07) is 17.6. The maximum absolute atomic E-state index is 12.2. The maximum atomic E-state index is 12.2. The lowest BCUT2D eigenvalue weighted by Gasteiger charge is -2.07. The van der Waals surface area contributed by atoms with E-state index < -0.39 is 33.1 Å². The zero-order valence-corrected chi connectivity index (χ0v) is 16.8. The Bertz CT molecular complexity index is 1200. The first-order chi connectivity index (χ1) is 15.8. The van der Waals surface area contributed by atoms with Crippen LogP contribution >= 0.6 is 0 Å². The van der Waals surface area contributed by atoms with E-state index in [9.17, 15) is 29.8 Å². The van der Waals surface area contributed by atoms with Gasteiger partial charge in [0.05, 0.1) is 39.3 Å². The molecule has 0 heterocycles. The van der Waals surface area contributed by atoms with Gasteiger partial charge in [-0.1, -0.05) is 30.3 Å². The number of non-ortho nitro benzene ring substituents is 2. The molecule has 3 aromatic carbocycles. The molecule has 0 saturated carbocycles. The Kier molecular flexibility index (Phi) is 7.11. The first kappa shape index (κ1) is 22.7. The van der Waals surface area contributed by atoms with E-state index in [-0.39, 0.29) is 17.7 Å². The average Bonchev–Trinajstić information content (AvgIpc) is 2.82. The summed E-state index contributed by atoms with van der Waals surface area (Å²) in [5, 5.41) is 29.0. The van der Waals surface area contributed by atoms with Crippen LogP contribution in [0.4, 0.5) is 22.7 Å². The van der Waals surface area contributed by atoms with Gasteiger partial charge in [0, 0.05) is 12.1 Å². The Hall–Kier alpha value is -5.00. The normalized spacial score (nSPS) is 10.5. The number of nitro benzene ring substituents is 2. The van der Waals surface area contributed by atoms with E-state index in [1.807, 2.05) is 18.2 Å². The highest BCUT2D eigenvalue weighted by atomic mass is 16.7. The topological polar surface area (TPSA) is 166 Å². The number of hydrogen-bond acceptors (Lipinski definition) is 9. The Morgan fingerprint density at radius 3 is 2.06 bits per heavy atom. The number of nitro groups is 2. The van der Waals surface area contributed by atoms with Gasteiger partial charge in [-0.2, -0.15) is 0 Å². The lowest BCUT2D eigenvalue weighted by atomic mass is 10.1. The minimum atomic E-state index is -0.987. The lowest BCUT2D eigenvalue weighted by molar-refractivity contribution is -0.394. The van der Waals surface area contributed by atoms with Crippen molar-refractivity contribution >= 4 is 34.6 Å². The molecule has 0 bridgehead atoms. The number of hydrogen-bond donors (Lipinski definition) is 1. The van der Waals surface area contributed by atoms with Gasteiger partial charge < -0.3 is 4.84 Å². The Morgan fingerprint density at radius 1 is 0.879 bits per heavy atom. The largest absolute Gasteiger partial charge is 0.343 e. The summed E-state index contributed by atoms with van der Waals surface area (Å²) in [7, 11) is 0. The molecule has 1 amide bonds. The van der Waals surface area contributed by atoms with Crippen molar-refractivity contribution in [3.63, 3.8) is 0 Å². The lowest BCUT2D eigenvalue weighted by Crippen LogP contribution is -2.12. The van der Waals surface area contributed by atoms with E-state index >= 15 is 0 Å². The van der Waals surface area contributed by atoms with Crippen molar-refractivity contribution in [1.29, 1.82) is 0 Å². The first-order valence-electron chi connectivity index (χ1n) is 9.31. The average molecular weight is 449 g/mol. The fourth-order valence-electron chi connectivity index (χ4n) is 2.60. The van der Waals surface area contributed by atoms with Crippen molar-refractivity contribution in [3.05, 3.63) is 104 Å². The summed E-state index contributed by atoms with van der Waals surface area (Å²) in [6.07, 6.45) is 0.0953. The number of benzene rings is 3. The van der Waals surface area contributed by atoms with Crippen LogP contribution in [-0.2, 0) is 16.1 Å². The molecule has 0 aliphatic carbocycles. The summed E-state index contributed by atoms with van der Waals surface area (Å²) in [5.74, 6) is -1.47. The second-order valence-corrected chi connectivity index (χ2v) is 6.54. The van der Waals surface area contributed by atoms with Crippen molar-refractivity contribution in [2.45, 2.75) is 6.42 Å². The van der Waals surface area contributed by atoms with Crippen LogP contribution in [0.5, 0.6) is 0 Å². The number of anilines is 1. The molecule has 0 fully saturated rings. The minimum Gasteiger partial charge on any atom is -0.343 e. The highest BCUT2D eigenvalue weighted by molar-refractivity contribution is 5.96. The number of rotatable bonds is 8. The SMILES string of the molecule is O=C(Cc1ccccc1)ONc1ccc(N=NC(=O)c2cc([N+](=O)[O-])cc([N+](=O)[O-])c2)cc1. The van der Waals surface area contributed by atoms with E-state index in [1.54, 1.807) is 12.1 Å². The summed E-state index contributed by atoms with van der Waals surface area (Å²) in [5.41, 5.74) is 2.43. The second kappa shape index (κ2) is 10.3. The summed E-state index contributed by atoms with van der Waals surface area (Å²) in [4.78, 5) is 49.2. The van der Waals surface area contributed by atoms with Crippen LogP contribution < -0.4 is 5.48 Å². The van der Waals surface area contributed by atoms with Gasteiger partial charge in [-0.25, -0.2) is 10.3 Å². The number of carbonyl (C=O) groups excluding carboxylic acids is 2. The van der Waals surface area contributed by atoms with Gasteiger partial charge in [0.15, 0.2) is 0 Å². The molecule has 166 valence electrons. The second-order valence-electron chi connectivity index (χ2n) is 6.54. The molecule has 0 aromatic heterocycles. The predicted octanol–water partition coefficient (Wildman–Crippen LogP) is 4.54. The van der Waals surface area contributed by atoms with E-state index in [2.05, 4.69) is 15.7 Å². The maximum Gasteiger partial charge on any atom is 0.336 e. The summed E-state index contributed by atoms with van der Waals surface area (Å²) in [6.45, 7) is 0. The molecule has 1 N–H and O–H groups in total. The zero-order valence-electron chi connectivity index (χ0n) is 16.8. The third kappa shape index (κ3) is 6.49. The molecular formula is C21H15N5O7. The Morgan fingerprint density at radius 2 is 1.48 bits per heavy atom. The third-order valence-electron chi connectivity index (χ3n) is 4.17. The number of carbonyl (C=O) groups is 2. The van der Waals surface area contributed by atoms with Crippen LogP contribution in [0, 0.1) is 20.2 Å². The molecule has 33 heavy (non-hydrogen) atoms. The molecule has 0 radical (unpaired) electrons. The Balaban J connectivity index is 1.61. The van der Waals surface area contributed by atoms with E-state index in [0.717, 1.165) is 23.8 Å². The van der Waals surface area contributed by atoms with Gasteiger partial charge in [-0.05, 0) is 29.8 Å². The fourth-order valence-corrected chi connectivity index (χ4v) is 2.60. The fraction of sp³-hybridized carbons (Fsp3) is 0.0476. The molecule has 0 aliphatic rings. The van der Waals surface area contributed by atoms with Crippen LogP contribution in [0.3, 0.4) is 0 Å². The van der Waals surface area contributed by atoms with Crippen molar-refractivity contribution < 1.29 is 24.3 Å². The van der Waals surface area contributed by atoms with Crippen molar-refractivity contribution in [1.82, 2.24) is 0 Å². The monoisotopic (exact) mass is 449 g/mol. The van der Waals surface area contributed by atoms with Crippen LogP contribution in [0.15, 0.2) is 83.0 Å². The number of nitrogens with one attached hydrogen (secondary N) is 1.